The number of nitrogen functional groups attached to an aromatic ring is 1. The van der Waals surface area contributed by atoms with E-state index in [1.165, 1.54) is 30.2 Å². The number of hydrogen-bond donors (Lipinski definition) is 2. The lowest BCUT2D eigenvalue weighted by molar-refractivity contribution is -0.162. The first-order valence-electron chi connectivity index (χ1n) is 13.4. The highest BCUT2D eigenvalue weighted by atomic mass is 19.4. The fourth-order valence-electron chi connectivity index (χ4n) is 5.20. The Hall–Kier alpha value is -4.35. The molecule has 2 atom stereocenters. The Morgan fingerprint density at radius 2 is 1.89 bits per heavy atom. The summed E-state index contributed by atoms with van der Waals surface area (Å²) >= 11 is 0. The van der Waals surface area contributed by atoms with Gasteiger partial charge in [-0.25, -0.2) is 32.4 Å². The number of anilines is 1. The van der Waals surface area contributed by atoms with Gasteiger partial charge in [-0.15, -0.1) is 0 Å². The zero-order valence-corrected chi connectivity index (χ0v) is 23.3. The SMILES string of the molecule is COc1ncc(-c2cc(CN3CCC(F)(F)CC3)c3c(N)ncnn23)cc1C(=O)NC1CN(C(=O)OCC(F)(F)F)CC1F. The number of aromatic nitrogens is 4. The summed E-state index contributed by atoms with van der Waals surface area (Å²) in [5, 5.41) is 6.72. The number of carbonyl (C=O) groups is 2. The van der Waals surface area contributed by atoms with Gasteiger partial charge >= 0.3 is 12.3 Å². The van der Waals surface area contributed by atoms with Crippen LogP contribution in [0.25, 0.3) is 16.8 Å². The molecule has 2 unspecified atom stereocenters. The number of rotatable bonds is 7. The molecule has 0 aliphatic carbocycles. The number of ether oxygens (including phenoxy) is 2. The third-order valence-electron chi connectivity index (χ3n) is 7.41. The molecule has 0 saturated carbocycles. The maximum atomic E-state index is 14.7. The Kier molecular flexibility index (Phi) is 8.46. The molecule has 3 aromatic heterocycles. The van der Waals surface area contributed by atoms with Gasteiger partial charge in [0.25, 0.3) is 11.8 Å². The number of fused-ring (bicyclic) bond motifs is 1. The molecule has 5 heterocycles. The number of amides is 2. The summed E-state index contributed by atoms with van der Waals surface area (Å²) in [7, 11) is 1.27. The van der Waals surface area contributed by atoms with Crippen molar-refractivity contribution in [2.45, 2.75) is 43.7 Å². The summed E-state index contributed by atoms with van der Waals surface area (Å²) in [4.78, 5) is 36.1. The van der Waals surface area contributed by atoms with E-state index in [9.17, 15) is 35.9 Å². The molecule has 12 nitrogen and oxygen atoms in total. The first-order valence-corrected chi connectivity index (χ1v) is 13.4. The number of nitrogens with one attached hydrogen (secondary N) is 1. The molecule has 0 aromatic carbocycles. The van der Waals surface area contributed by atoms with E-state index in [-0.39, 0.29) is 49.7 Å². The van der Waals surface area contributed by atoms with E-state index in [1.807, 2.05) is 4.90 Å². The third-order valence-corrected chi connectivity index (χ3v) is 7.41. The Morgan fingerprint density at radius 1 is 1.16 bits per heavy atom. The van der Waals surface area contributed by atoms with Gasteiger partial charge in [0.1, 0.15) is 23.6 Å². The molecule has 0 bridgehead atoms. The monoisotopic (exact) mass is 630 g/mol. The summed E-state index contributed by atoms with van der Waals surface area (Å²) in [6.45, 7) is -2.19. The molecular weight excluding hydrogens is 602 g/mol. The quantitative estimate of drug-likeness (QED) is 0.377. The van der Waals surface area contributed by atoms with Crippen molar-refractivity contribution in [1.29, 1.82) is 0 Å². The smallest absolute Gasteiger partial charge is 0.422 e. The standard InChI is InChI=1S/C26H28F6N8O4/c1-43-23-16(22(41)37-18-11-39(10-17(18)27)24(42)44-12-26(30,31)32)6-14(8-34-23)19-7-15(20-21(33)35-13-36-40(19)20)9-38-4-2-25(28,29)3-5-38/h6-8,13,17-18H,2-5,9-12H2,1H3,(H,37,41)(H2,33,35,36). The zero-order chi connectivity index (χ0) is 31.8. The van der Waals surface area contributed by atoms with Crippen LogP contribution in [0.2, 0.25) is 0 Å². The van der Waals surface area contributed by atoms with E-state index in [4.69, 9.17) is 10.5 Å². The Morgan fingerprint density at radius 3 is 2.57 bits per heavy atom. The van der Waals surface area contributed by atoms with Gasteiger partial charge < -0.3 is 25.4 Å². The van der Waals surface area contributed by atoms with E-state index >= 15 is 0 Å². The summed E-state index contributed by atoms with van der Waals surface area (Å²) < 4.78 is 90.2. The average molecular weight is 631 g/mol. The molecule has 3 N–H and O–H groups in total. The first kappa shape index (κ1) is 31.1. The molecule has 18 heteroatoms. The molecule has 2 saturated heterocycles. The van der Waals surface area contributed by atoms with Crippen LogP contribution >= 0.6 is 0 Å². The number of nitrogens with two attached hydrogens (primary N) is 1. The van der Waals surface area contributed by atoms with Crippen LogP contribution in [0.5, 0.6) is 5.88 Å². The fraction of sp³-hybridized carbons (Fsp3) is 0.500. The van der Waals surface area contributed by atoms with Crippen LogP contribution in [0.1, 0.15) is 28.8 Å². The van der Waals surface area contributed by atoms with E-state index in [0.29, 0.717) is 22.3 Å². The van der Waals surface area contributed by atoms with Crippen molar-refractivity contribution in [2.24, 2.45) is 0 Å². The average Bonchev–Trinajstić information content (AvgIpc) is 3.53. The van der Waals surface area contributed by atoms with E-state index in [1.54, 1.807) is 6.07 Å². The fourth-order valence-corrected chi connectivity index (χ4v) is 5.20. The number of methoxy groups -OCH3 is 1. The summed E-state index contributed by atoms with van der Waals surface area (Å²) in [5.74, 6) is -3.49. The minimum absolute atomic E-state index is 0.105. The van der Waals surface area contributed by atoms with E-state index in [2.05, 4.69) is 25.1 Å². The van der Waals surface area contributed by atoms with Crippen LogP contribution in [0.4, 0.5) is 37.0 Å². The third kappa shape index (κ3) is 6.74. The molecule has 5 rings (SSSR count). The van der Waals surface area contributed by atoms with Crippen molar-refractivity contribution >= 4 is 23.3 Å². The van der Waals surface area contributed by atoms with Crippen LogP contribution in [0.3, 0.4) is 0 Å². The van der Waals surface area contributed by atoms with Gasteiger partial charge in [0.2, 0.25) is 5.88 Å². The maximum absolute atomic E-state index is 14.7. The number of halogens is 6. The van der Waals surface area contributed by atoms with E-state index < -0.39 is 56.0 Å². The molecule has 0 radical (unpaired) electrons. The summed E-state index contributed by atoms with van der Waals surface area (Å²) in [5.41, 5.74) is 7.98. The van der Waals surface area contributed by atoms with Gasteiger partial charge in [0.05, 0.1) is 25.4 Å². The molecule has 3 aromatic rings. The minimum atomic E-state index is -4.75. The lowest BCUT2D eigenvalue weighted by atomic mass is 10.1. The highest BCUT2D eigenvalue weighted by Crippen LogP contribution is 2.33. The highest BCUT2D eigenvalue weighted by Gasteiger charge is 2.39. The van der Waals surface area contributed by atoms with Gasteiger partial charge in [-0.3, -0.25) is 9.69 Å². The lowest BCUT2D eigenvalue weighted by Gasteiger charge is -2.31. The second-order valence-electron chi connectivity index (χ2n) is 10.5. The molecule has 2 fully saturated rings. The minimum Gasteiger partial charge on any atom is -0.480 e. The number of carbonyl (C=O) groups excluding carboxylic acids is 2. The molecule has 2 amide bonds. The van der Waals surface area contributed by atoms with Crippen LogP contribution < -0.4 is 15.8 Å². The number of nitrogens with zero attached hydrogens (tertiary/aromatic N) is 6. The van der Waals surface area contributed by atoms with Gasteiger partial charge in [0.15, 0.2) is 12.4 Å². The van der Waals surface area contributed by atoms with Crippen molar-refractivity contribution in [3.63, 3.8) is 0 Å². The Bertz CT molecular complexity index is 1540. The van der Waals surface area contributed by atoms with Crippen molar-refractivity contribution in [2.75, 3.05) is 45.6 Å². The first-order chi connectivity index (χ1) is 20.7. The Balaban J connectivity index is 1.38. The Labute approximate surface area is 246 Å². The predicted molar refractivity (Wildman–Crippen MR) is 142 cm³/mol. The van der Waals surface area contributed by atoms with Crippen LogP contribution in [0, 0.1) is 0 Å². The molecule has 44 heavy (non-hydrogen) atoms. The predicted octanol–water partition coefficient (Wildman–Crippen LogP) is 3.06. The van der Waals surface area contributed by atoms with Gasteiger partial charge in [0, 0.05) is 50.8 Å². The van der Waals surface area contributed by atoms with Crippen molar-refractivity contribution in [1.82, 2.24) is 34.7 Å². The molecular formula is C26H28F6N8O4. The lowest BCUT2D eigenvalue weighted by Crippen LogP contribution is -2.42. The van der Waals surface area contributed by atoms with Crippen molar-refractivity contribution < 1.29 is 45.4 Å². The molecule has 0 spiro atoms. The highest BCUT2D eigenvalue weighted by molar-refractivity contribution is 5.98. The van der Waals surface area contributed by atoms with Gasteiger partial charge in [-0.1, -0.05) is 0 Å². The number of alkyl halides is 6. The molecule has 2 aliphatic rings. The maximum Gasteiger partial charge on any atom is 0.422 e. The zero-order valence-electron chi connectivity index (χ0n) is 23.3. The second kappa shape index (κ2) is 12.0. The van der Waals surface area contributed by atoms with E-state index in [0.717, 1.165) is 4.90 Å². The summed E-state index contributed by atoms with van der Waals surface area (Å²) in [6, 6.07) is 1.90. The number of likely N-dealkylation sites (tertiary alicyclic amines) is 2. The van der Waals surface area contributed by atoms with Crippen LogP contribution in [-0.2, 0) is 11.3 Å². The number of hydrogen-bond acceptors (Lipinski definition) is 9. The molecule has 238 valence electrons. The topological polar surface area (TPSA) is 140 Å². The van der Waals surface area contributed by atoms with Crippen LogP contribution in [-0.4, -0.2) is 106 Å². The normalized spacial score (nSPS) is 20.6. The number of piperidine rings is 1. The second-order valence-corrected chi connectivity index (χ2v) is 10.5. The van der Waals surface area contributed by atoms with Gasteiger partial charge in [-0.05, 0) is 17.7 Å². The largest absolute Gasteiger partial charge is 0.480 e. The molecule has 2 aliphatic heterocycles. The van der Waals surface area contributed by atoms with Crippen molar-refractivity contribution in [3.8, 4) is 17.1 Å². The summed E-state index contributed by atoms with van der Waals surface area (Å²) in [6.07, 6.45) is -5.80. The van der Waals surface area contributed by atoms with Gasteiger partial charge in [-0.2, -0.15) is 18.3 Å². The number of pyridine rings is 1. The van der Waals surface area contributed by atoms with Crippen LogP contribution in [0.15, 0.2) is 24.7 Å². The van der Waals surface area contributed by atoms with Crippen molar-refractivity contribution in [3.05, 3.63) is 35.8 Å².